The molecule has 0 bridgehead atoms. The minimum absolute atomic E-state index is 0.0378. The fourth-order valence-corrected chi connectivity index (χ4v) is 3.32. The van der Waals surface area contributed by atoms with Crippen LogP contribution in [0.5, 0.6) is 0 Å². The maximum atomic E-state index is 12.6. The first-order chi connectivity index (χ1) is 11.5. The number of aryl methyl sites for hydroxylation is 1. The third-order valence-corrected chi connectivity index (χ3v) is 5.12. The molecule has 1 N–H and O–H groups in total. The molecular weight excluding hydrogens is 322 g/mol. The molecule has 1 amide bonds. The van der Waals surface area contributed by atoms with E-state index in [2.05, 4.69) is 6.92 Å². The molecule has 2 aromatic carbocycles. The lowest BCUT2D eigenvalue weighted by Crippen LogP contribution is -2.45. The number of benzene rings is 2. The van der Waals surface area contributed by atoms with E-state index in [9.17, 15) is 9.90 Å². The zero-order chi connectivity index (χ0) is 17.2. The summed E-state index contributed by atoms with van der Waals surface area (Å²) >= 11 is 5.92. The summed E-state index contributed by atoms with van der Waals surface area (Å²) in [6.07, 6.45) is 2.03. The second-order valence-electron chi connectivity index (χ2n) is 6.38. The molecule has 0 spiro atoms. The first-order valence-corrected chi connectivity index (χ1v) is 8.76. The van der Waals surface area contributed by atoms with Gasteiger partial charge in [0.05, 0.1) is 5.60 Å². The van der Waals surface area contributed by atoms with Gasteiger partial charge in [0.1, 0.15) is 0 Å². The fraction of sp³-hybridized carbons (Fsp3) is 0.350. The number of carbonyl (C=O) groups excluding carboxylic acids is 1. The number of hydrogen-bond donors (Lipinski definition) is 1. The van der Waals surface area contributed by atoms with Crippen LogP contribution in [0.15, 0.2) is 48.5 Å². The van der Waals surface area contributed by atoms with Crippen LogP contribution in [0.3, 0.4) is 0 Å². The quantitative estimate of drug-likeness (QED) is 0.914. The molecule has 3 rings (SSSR count). The second-order valence-corrected chi connectivity index (χ2v) is 6.82. The molecule has 4 heteroatoms. The average molecular weight is 344 g/mol. The van der Waals surface area contributed by atoms with Crippen LogP contribution >= 0.6 is 11.6 Å². The molecule has 0 unspecified atom stereocenters. The average Bonchev–Trinajstić information content (AvgIpc) is 2.62. The molecule has 0 aliphatic carbocycles. The maximum Gasteiger partial charge on any atom is 0.253 e. The van der Waals surface area contributed by atoms with Crippen molar-refractivity contribution < 1.29 is 9.90 Å². The predicted molar refractivity (Wildman–Crippen MR) is 96.3 cm³/mol. The Kier molecular flexibility index (Phi) is 4.93. The number of piperidine rings is 1. The van der Waals surface area contributed by atoms with Crippen LogP contribution in [-0.2, 0) is 12.0 Å². The smallest absolute Gasteiger partial charge is 0.253 e. The number of nitrogens with zero attached hydrogens (tertiary/aromatic N) is 1. The number of rotatable bonds is 3. The van der Waals surface area contributed by atoms with Crippen LogP contribution in [0.1, 0.15) is 41.3 Å². The Morgan fingerprint density at radius 3 is 2.21 bits per heavy atom. The van der Waals surface area contributed by atoms with Crippen LogP contribution in [0.2, 0.25) is 5.02 Å². The first kappa shape index (κ1) is 17.0. The van der Waals surface area contributed by atoms with Crippen LogP contribution in [0.25, 0.3) is 0 Å². The van der Waals surface area contributed by atoms with Crippen molar-refractivity contribution in [2.24, 2.45) is 0 Å². The Labute approximate surface area is 147 Å². The molecule has 1 fully saturated rings. The molecule has 126 valence electrons. The molecule has 3 nitrogen and oxygen atoms in total. The van der Waals surface area contributed by atoms with Crippen molar-refractivity contribution in [3.8, 4) is 0 Å². The lowest BCUT2D eigenvalue weighted by atomic mass is 9.84. The zero-order valence-electron chi connectivity index (χ0n) is 13.8. The Hall–Kier alpha value is -1.84. The highest BCUT2D eigenvalue weighted by atomic mass is 35.5. The van der Waals surface area contributed by atoms with Crippen LogP contribution in [-0.4, -0.2) is 29.0 Å². The summed E-state index contributed by atoms with van der Waals surface area (Å²) in [5, 5.41) is 11.5. The van der Waals surface area contributed by atoms with Gasteiger partial charge in [-0.05, 0) is 54.7 Å². The molecule has 0 radical (unpaired) electrons. The largest absolute Gasteiger partial charge is 0.385 e. The van der Waals surface area contributed by atoms with Gasteiger partial charge in [-0.25, -0.2) is 0 Å². The van der Waals surface area contributed by atoms with Crippen molar-refractivity contribution in [1.29, 1.82) is 0 Å². The number of carbonyl (C=O) groups is 1. The van der Waals surface area contributed by atoms with Crippen molar-refractivity contribution in [2.45, 2.75) is 31.8 Å². The lowest BCUT2D eigenvalue weighted by Gasteiger charge is -2.38. The van der Waals surface area contributed by atoms with Crippen LogP contribution < -0.4 is 0 Å². The summed E-state index contributed by atoms with van der Waals surface area (Å²) in [4.78, 5) is 14.4. The number of aliphatic hydroxyl groups is 1. The highest BCUT2D eigenvalue weighted by Crippen LogP contribution is 2.33. The molecule has 1 aliphatic heterocycles. The standard InChI is InChI=1S/C20H22ClNO2/c1-2-15-3-5-16(6-4-15)19(23)22-13-11-20(24,12-14-22)17-7-9-18(21)10-8-17/h3-10,24H,2,11-14H2,1H3. The van der Waals surface area contributed by atoms with Gasteiger partial charge in [-0.1, -0.05) is 42.8 Å². The Balaban J connectivity index is 1.67. The van der Waals surface area contributed by atoms with Gasteiger partial charge in [0, 0.05) is 23.7 Å². The summed E-state index contributed by atoms with van der Waals surface area (Å²) in [6.45, 7) is 3.19. The second kappa shape index (κ2) is 6.96. The number of amides is 1. The van der Waals surface area contributed by atoms with Crippen LogP contribution in [0, 0.1) is 0 Å². The van der Waals surface area contributed by atoms with E-state index in [1.54, 1.807) is 12.1 Å². The van der Waals surface area contributed by atoms with Gasteiger partial charge >= 0.3 is 0 Å². The van der Waals surface area contributed by atoms with E-state index >= 15 is 0 Å². The van der Waals surface area contributed by atoms with E-state index in [0.29, 0.717) is 36.5 Å². The minimum Gasteiger partial charge on any atom is -0.385 e. The Morgan fingerprint density at radius 1 is 1.08 bits per heavy atom. The van der Waals surface area contributed by atoms with Gasteiger partial charge < -0.3 is 10.0 Å². The molecule has 0 saturated carbocycles. The SMILES string of the molecule is CCc1ccc(C(=O)N2CCC(O)(c3ccc(Cl)cc3)CC2)cc1. The number of likely N-dealkylation sites (tertiary alicyclic amines) is 1. The van der Waals surface area contributed by atoms with Gasteiger partial charge in [0.25, 0.3) is 5.91 Å². The molecule has 1 heterocycles. The minimum atomic E-state index is -0.882. The van der Waals surface area contributed by atoms with E-state index in [0.717, 1.165) is 12.0 Å². The molecular formula is C20H22ClNO2. The summed E-state index contributed by atoms with van der Waals surface area (Å²) < 4.78 is 0. The summed E-state index contributed by atoms with van der Waals surface area (Å²) in [5.74, 6) is 0.0378. The Morgan fingerprint density at radius 2 is 1.67 bits per heavy atom. The molecule has 0 atom stereocenters. The van der Waals surface area contributed by atoms with E-state index in [1.165, 1.54) is 5.56 Å². The first-order valence-electron chi connectivity index (χ1n) is 8.38. The van der Waals surface area contributed by atoms with Gasteiger partial charge in [-0.3, -0.25) is 4.79 Å². The fourth-order valence-electron chi connectivity index (χ4n) is 3.19. The monoisotopic (exact) mass is 343 g/mol. The van der Waals surface area contributed by atoms with Crippen molar-refractivity contribution in [3.63, 3.8) is 0 Å². The van der Waals surface area contributed by atoms with E-state index in [4.69, 9.17) is 11.6 Å². The van der Waals surface area contributed by atoms with Crippen molar-refractivity contribution >= 4 is 17.5 Å². The van der Waals surface area contributed by atoms with Crippen molar-refractivity contribution in [1.82, 2.24) is 4.90 Å². The van der Waals surface area contributed by atoms with Crippen LogP contribution in [0.4, 0.5) is 0 Å². The molecule has 1 saturated heterocycles. The topological polar surface area (TPSA) is 40.5 Å². The molecule has 1 aliphatic rings. The maximum absolute atomic E-state index is 12.6. The van der Waals surface area contributed by atoms with Gasteiger partial charge in [-0.15, -0.1) is 0 Å². The summed E-state index contributed by atoms with van der Waals surface area (Å²) in [7, 11) is 0. The third kappa shape index (κ3) is 3.47. The molecule has 0 aromatic heterocycles. The Bertz CT molecular complexity index is 701. The van der Waals surface area contributed by atoms with Gasteiger partial charge in [0.15, 0.2) is 0 Å². The lowest BCUT2D eigenvalue weighted by molar-refractivity contribution is -0.0211. The molecule has 24 heavy (non-hydrogen) atoms. The van der Waals surface area contributed by atoms with Crippen molar-refractivity contribution in [3.05, 3.63) is 70.2 Å². The van der Waals surface area contributed by atoms with Crippen molar-refractivity contribution in [2.75, 3.05) is 13.1 Å². The molecule has 2 aromatic rings. The number of hydrogen-bond acceptors (Lipinski definition) is 2. The highest BCUT2D eigenvalue weighted by molar-refractivity contribution is 6.30. The van der Waals surface area contributed by atoms with Gasteiger partial charge in [-0.2, -0.15) is 0 Å². The summed E-state index contributed by atoms with van der Waals surface area (Å²) in [6, 6.07) is 15.1. The third-order valence-electron chi connectivity index (χ3n) is 4.87. The zero-order valence-corrected chi connectivity index (χ0v) is 14.6. The number of halogens is 1. The van der Waals surface area contributed by atoms with E-state index in [1.807, 2.05) is 41.3 Å². The predicted octanol–water partition coefficient (Wildman–Crippen LogP) is 4.03. The highest BCUT2D eigenvalue weighted by Gasteiger charge is 2.35. The van der Waals surface area contributed by atoms with E-state index < -0.39 is 5.60 Å². The normalized spacial score (nSPS) is 16.9. The summed E-state index contributed by atoms with van der Waals surface area (Å²) in [5.41, 5.74) is 1.92. The van der Waals surface area contributed by atoms with E-state index in [-0.39, 0.29) is 5.91 Å². The van der Waals surface area contributed by atoms with Gasteiger partial charge in [0.2, 0.25) is 0 Å².